The summed E-state index contributed by atoms with van der Waals surface area (Å²) < 4.78 is 37.1. The summed E-state index contributed by atoms with van der Waals surface area (Å²) in [6.45, 7) is 0.914. The minimum Gasteiger partial charge on any atom is -0.341 e. The van der Waals surface area contributed by atoms with Gasteiger partial charge in [0.1, 0.15) is 12.2 Å². The number of carbonyl (C=O) groups excluding carboxylic acids is 1. The van der Waals surface area contributed by atoms with Gasteiger partial charge in [-0.2, -0.15) is 18.3 Å². The summed E-state index contributed by atoms with van der Waals surface area (Å²) in [5.74, 6) is -0.468. The van der Waals surface area contributed by atoms with Crippen molar-refractivity contribution in [3.63, 3.8) is 0 Å². The fourth-order valence-corrected chi connectivity index (χ4v) is 1.15. The van der Waals surface area contributed by atoms with Gasteiger partial charge in [-0.05, 0) is 13.0 Å². The maximum absolute atomic E-state index is 12.2. The van der Waals surface area contributed by atoms with Crippen LogP contribution in [0.25, 0.3) is 0 Å². The molecule has 0 atom stereocenters. The van der Waals surface area contributed by atoms with Crippen LogP contribution in [-0.4, -0.2) is 40.4 Å². The Morgan fingerprint density at radius 3 is 2.69 bits per heavy atom. The van der Waals surface area contributed by atoms with Gasteiger partial charge in [0, 0.05) is 19.8 Å². The summed E-state index contributed by atoms with van der Waals surface area (Å²) in [6.07, 6.45) is -3.20. The average Bonchev–Trinajstić information content (AvgIpc) is 2.60. The summed E-state index contributed by atoms with van der Waals surface area (Å²) >= 11 is 0. The third-order valence-electron chi connectivity index (χ3n) is 2.09. The molecule has 0 N–H and O–H groups in total. The van der Waals surface area contributed by atoms with Crippen LogP contribution in [0.3, 0.4) is 0 Å². The molecule has 90 valence electrons. The molecule has 0 spiro atoms. The smallest absolute Gasteiger partial charge is 0.341 e. The average molecular weight is 235 g/mol. The highest BCUT2D eigenvalue weighted by molar-refractivity contribution is 5.92. The first-order valence-electron chi connectivity index (χ1n) is 4.69. The summed E-state index contributed by atoms with van der Waals surface area (Å²) in [7, 11) is 1.52. The number of rotatable bonds is 3. The minimum absolute atomic E-state index is 0.0540. The van der Waals surface area contributed by atoms with Crippen molar-refractivity contribution in [2.24, 2.45) is 0 Å². The number of amides is 1. The zero-order chi connectivity index (χ0) is 12.3. The maximum atomic E-state index is 12.2. The number of aromatic nitrogens is 2. The van der Waals surface area contributed by atoms with Crippen LogP contribution in [0.15, 0.2) is 12.3 Å². The van der Waals surface area contributed by atoms with Crippen LogP contribution in [0, 0.1) is 0 Å². The van der Waals surface area contributed by atoms with E-state index in [1.807, 2.05) is 0 Å². The van der Waals surface area contributed by atoms with Gasteiger partial charge in [-0.15, -0.1) is 0 Å². The van der Waals surface area contributed by atoms with E-state index in [9.17, 15) is 18.0 Å². The lowest BCUT2D eigenvalue weighted by Crippen LogP contribution is -2.30. The van der Waals surface area contributed by atoms with Crippen LogP contribution >= 0.6 is 0 Å². The molecule has 1 aromatic rings. The van der Waals surface area contributed by atoms with Crippen LogP contribution in [0.1, 0.15) is 17.4 Å². The van der Waals surface area contributed by atoms with Crippen molar-refractivity contribution < 1.29 is 18.0 Å². The molecule has 0 unspecified atom stereocenters. The predicted octanol–water partition coefficient (Wildman–Crippen LogP) is 1.54. The van der Waals surface area contributed by atoms with E-state index in [0.29, 0.717) is 11.2 Å². The minimum atomic E-state index is -4.38. The van der Waals surface area contributed by atoms with Crippen molar-refractivity contribution in [2.75, 3.05) is 13.6 Å². The molecule has 0 fully saturated rings. The Morgan fingerprint density at radius 1 is 1.56 bits per heavy atom. The SMILES string of the molecule is CCN(C)C(=O)c1ccnn1CC(F)(F)F. The molecule has 1 rings (SSSR count). The van der Waals surface area contributed by atoms with E-state index in [-0.39, 0.29) is 5.69 Å². The Balaban J connectivity index is 2.90. The van der Waals surface area contributed by atoms with Crippen molar-refractivity contribution in [2.45, 2.75) is 19.6 Å². The summed E-state index contributed by atoms with van der Waals surface area (Å²) in [6, 6.07) is 1.28. The Bertz CT molecular complexity index is 372. The molecule has 0 bridgehead atoms. The summed E-state index contributed by atoms with van der Waals surface area (Å²) in [5.41, 5.74) is -0.0540. The van der Waals surface area contributed by atoms with Gasteiger partial charge in [-0.25, -0.2) is 0 Å². The molecule has 1 amide bonds. The molecule has 0 saturated carbocycles. The molecule has 1 heterocycles. The zero-order valence-corrected chi connectivity index (χ0v) is 8.95. The molecule has 0 aromatic carbocycles. The first-order chi connectivity index (χ1) is 7.35. The molecule has 4 nitrogen and oxygen atoms in total. The second-order valence-corrected chi connectivity index (χ2v) is 3.31. The fourth-order valence-electron chi connectivity index (χ4n) is 1.15. The Morgan fingerprint density at radius 2 is 2.19 bits per heavy atom. The number of carbonyl (C=O) groups is 1. The van der Waals surface area contributed by atoms with Gasteiger partial charge in [0.05, 0.1) is 0 Å². The summed E-state index contributed by atoms with van der Waals surface area (Å²) in [5, 5.41) is 3.49. The van der Waals surface area contributed by atoms with Crippen molar-refractivity contribution in [1.82, 2.24) is 14.7 Å². The molecule has 0 aliphatic heterocycles. The first kappa shape index (κ1) is 12.5. The van der Waals surface area contributed by atoms with Crippen molar-refractivity contribution in [3.05, 3.63) is 18.0 Å². The normalized spacial score (nSPS) is 11.6. The predicted molar refractivity (Wildman–Crippen MR) is 50.9 cm³/mol. The number of hydrogen-bond donors (Lipinski definition) is 0. The van der Waals surface area contributed by atoms with E-state index in [1.165, 1.54) is 24.2 Å². The van der Waals surface area contributed by atoms with E-state index < -0.39 is 18.6 Å². The van der Waals surface area contributed by atoms with Crippen LogP contribution < -0.4 is 0 Å². The summed E-state index contributed by atoms with van der Waals surface area (Å²) in [4.78, 5) is 13.0. The van der Waals surface area contributed by atoms with E-state index in [2.05, 4.69) is 5.10 Å². The van der Waals surface area contributed by atoms with Crippen molar-refractivity contribution in [1.29, 1.82) is 0 Å². The molecule has 16 heavy (non-hydrogen) atoms. The second kappa shape index (κ2) is 4.54. The molecule has 0 aliphatic carbocycles. The van der Waals surface area contributed by atoms with Crippen LogP contribution in [0.2, 0.25) is 0 Å². The lowest BCUT2D eigenvalue weighted by atomic mass is 10.3. The second-order valence-electron chi connectivity index (χ2n) is 3.31. The van der Waals surface area contributed by atoms with Crippen LogP contribution in [0.4, 0.5) is 13.2 Å². The Labute approximate surface area is 90.6 Å². The third kappa shape index (κ3) is 2.98. The maximum Gasteiger partial charge on any atom is 0.408 e. The van der Waals surface area contributed by atoms with Gasteiger partial charge >= 0.3 is 6.18 Å². The van der Waals surface area contributed by atoms with Gasteiger partial charge in [-0.1, -0.05) is 0 Å². The standard InChI is InChI=1S/C9H12F3N3O/c1-3-14(2)8(16)7-4-5-13-15(7)6-9(10,11)12/h4-5H,3,6H2,1-2H3. The molecular weight excluding hydrogens is 223 g/mol. The number of hydrogen-bond acceptors (Lipinski definition) is 2. The lowest BCUT2D eigenvalue weighted by Gasteiger charge is -2.16. The van der Waals surface area contributed by atoms with Gasteiger partial charge in [0.25, 0.3) is 5.91 Å². The molecule has 0 radical (unpaired) electrons. The van der Waals surface area contributed by atoms with Crippen LogP contribution in [0.5, 0.6) is 0 Å². The largest absolute Gasteiger partial charge is 0.408 e. The Hall–Kier alpha value is -1.53. The first-order valence-corrected chi connectivity index (χ1v) is 4.69. The molecule has 7 heteroatoms. The third-order valence-corrected chi connectivity index (χ3v) is 2.09. The quantitative estimate of drug-likeness (QED) is 0.797. The zero-order valence-electron chi connectivity index (χ0n) is 8.95. The van der Waals surface area contributed by atoms with Gasteiger partial charge in [0.2, 0.25) is 0 Å². The highest BCUT2D eigenvalue weighted by Crippen LogP contribution is 2.18. The lowest BCUT2D eigenvalue weighted by molar-refractivity contribution is -0.142. The van der Waals surface area contributed by atoms with E-state index in [4.69, 9.17) is 0 Å². The topological polar surface area (TPSA) is 38.1 Å². The fraction of sp³-hybridized carbons (Fsp3) is 0.556. The number of alkyl halides is 3. The molecule has 0 saturated heterocycles. The molecule has 1 aromatic heterocycles. The van der Waals surface area contributed by atoms with Crippen LogP contribution in [-0.2, 0) is 6.54 Å². The number of halogens is 3. The van der Waals surface area contributed by atoms with Gasteiger partial charge in [0.15, 0.2) is 0 Å². The number of nitrogens with zero attached hydrogens (tertiary/aromatic N) is 3. The van der Waals surface area contributed by atoms with Crippen molar-refractivity contribution >= 4 is 5.91 Å². The van der Waals surface area contributed by atoms with E-state index >= 15 is 0 Å². The molecular formula is C9H12F3N3O. The highest BCUT2D eigenvalue weighted by Gasteiger charge is 2.30. The van der Waals surface area contributed by atoms with Gasteiger partial charge in [-0.3, -0.25) is 9.48 Å². The molecule has 0 aliphatic rings. The van der Waals surface area contributed by atoms with Crippen molar-refractivity contribution in [3.8, 4) is 0 Å². The highest BCUT2D eigenvalue weighted by atomic mass is 19.4. The van der Waals surface area contributed by atoms with E-state index in [1.54, 1.807) is 6.92 Å². The Kier molecular flexibility index (Phi) is 3.56. The monoisotopic (exact) mass is 235 g/mol. The van der Waals surface area contributed by atoms with Gasteiger partial charge < -0.3 is 4.90 Å². The van der Waals surface area contributed by atoms with E-state index in [0.717, 1.165) is 0 Å².